The molecule has 2 unspecified atom stereocenters. The van der Waals surface area contributed by atoms with Crippen LogP contribution in [0.1, 0.15) is 91.7 Å². The van der Waals surface area contributed by atoms with E-state index in [1.807, 2.05) is 42.3 Å². The van der Waals surface area contributed by atoms with E-state index < -0.39 is 31.4 Å². The Morgan fingerprint density at radius 3 is 2.49 bits per heavy atom. The lowest BCUT2D eigenvalue weighted by atomic mass is 9.59. The van der Waals surface area contributed by atoms with Crippen molar-refractivity contribution in [1.29, 1.82) is 0 Å². The van der Waals surface area contributed by atoms with Gasteiger partial charge in [0.1, 0.15) is 24.0 Å². The number of pyridine rings is 1. The molecule has 3 saturated heterocycles. The van der Waals surface area contributed by atoms with Crippen molar-refractivity contribution in [3.63, 3.8) is 0 Å². The Bertz CT molecular complexity index is 2960. The number of fused-ring (bicyclic) bond motifs is 3. The number of rotatable bonds is 10. The Hall–Kier alpha value is -5.95. The molecule has 1 spiro atoms. The van der Waals surface area contributed by atoms with E-state index in [0.29, 0.717) is 60.7 Å². The molecule has 7 aliphatic rings. The standard InChI is InChI=1S/C52H61N9O8S/c1-32-29-60(45-23-35-11-16-53-49(35)55-51(45)69-32)43-24-36(58-17-14-52(15-18-58)27-37(28-52)59-20-19-57(2)30-46(59)40-6-4-3-5-39(40)33-7-8-33)9-10-41(43)50(62)56-70(65,66)38-25-44(61(63)64)48-47(26-38)68-31-42(54-48)34-12-21-67-22-13-34/h3-6,9-11,16,23-26,32-34,37,42,46,54H,7-8,12-15,17-22,27-31H2,1-2H3,(H,53,55)(H,56,62)/t32-,42?,46?/m1/s1. The van der Waals surface area contributed by atoms with Crippen LogP contribution in [0.2, 0.25) is 0 Å². The zero-order valence-electron chi connectivity index (χ0n) is 39.8. The number of hydrogen-bond donors (Lipinski definition) is 3. The second-order valence-corrected chi connectivity index (χ2v) is 22.6. The lowest BCUT2D eigenvalue weighted by Crippen LogP contribution is -2.59. The largest absolute Gasteiger partial charge is 0.489 e. The average molecular weight is 972 g/mol. The molecule has 3 N–H and O–H groups in total. The molecule has 0 bridgehead atoms. The molecular weight excluding hydrogens is 911 g/mol. The van der Waals surface area contributed by atoms with Gasteiger partial charge in [-0.3, -0.25) is 19.8 Å². The van der Waals surface area contributed by atoms with E-state index in [2.05, 4.69) is 61.0 Å². The molecule has 5 fully saturated rings. The lowest BCUT2D eigenvalue weighted by molar-refractivity contribution is -0.384. The lowest BCUT2D eigenvalue weighted by Gasteiger charge is -2.58. The molecule has 2 aromatic heterocycles. The fourth-order valence-corrected chi connectivity index (χ4v) is 13.4. The van der Waals surface area contributed by atoms with Gasteiger partial charge in [-0.05, 0) is 124 Å². The molecule has 7 heterocycles. The van der Waals surface area contributed by atoms with Crippen molar-refractivity contribution < 1.29 is 32.3 Å². The number of piperidine rings is 1. The summed E-state index contributed by atoms with van der Waals surface area (Å²) in [5, 5.41) is 16.6. The van der Waals surface area contributed by atoms with Gasteiger partial charge < -0.3 is 39.2 Å². The number of nitrogens with zero attached hydrogens (tertiary/aromatic N) is 6. The number of H-pyrrole nitrogens is 1. The van der Waals surface area contributed by atoms with Crippen molar-refractivity contribution in [3.8, 4) is 11.6 Å². The summed E-state index contributed by atoms with van der Waals surface area (Å²) in [4.78, 5) is 43.6. The molecule has 2 saturated carbocycles. The first kappa shape index (κ1) is 45.2. The van der Waals surface area contributed by atoms with Gasteiger partial charge in [0.25, 0.3) is 21.6 Å². The van der Waals surface area contributed by atoms with Crippen LogP contribution in [0.15, 0.2) is 77.8 Å². The van der Waals surface area contributed by atoms with Crippen LogP contribution in [0, 0.1) is 21.4 Å². The molecule has 5 aliphatic heterocycles. The van der Waals surface area contributed by atoms with Crippen LogP contribution >= 0.6 is 0 Å². The van der Waals surface area contributed by atoms with E-state index in [1.54, 1.807) is 11.6 Å². The van der Waals surface area contributed by atoms with Gasteiger partial charge in [-0.25, -0.2) is 13.1 Å². The highest BCUT2D eigenvalue weighted by Gasteiger charge is 2.50. The second-order valence-electron chi connectivity index (χ2n) is 21.0. The maximum Gasteiger partial charge on any atom is 0.297 e. The van der Waals surface area contributed by atoms with Crippen LogP contribution in [0.3, 0.4) is 0 Å². The maximum atomic E-state index is 14.6. The minimum atomic E-state index is -4.65. The Balaban J connectivity index is 0.807. The van der Waals surface area contributed by atoms with E-state index in [1.165, 1.54) is 37.3 Å². The number of nitrogens with one attached hydrogen (secondary N) is 3. The molecular formula is C52H61N9O8S. The number of carbonyl (C=O) groups is 1. The van der Waals surface area contributed by atoms with Gasteiger partial charge in [0, 0.05) is 87.4 Å². The number of anilines is 4. The molecule has 2 aliphatic carbocycles. The highest BCUT2D eigenvalue weighted by Crippen LogP contribution is 2.54. The van der Waals surface area contributed by atoms with Crippen molar-refractivity contribution in [1.82, 2.24) is 24.5 Å². The van der Waals surface area contributed by atoms with Crippen LogP contribution in [0.4, 0.5) is 28.4 Å². The van der Waals surface area contributed by atoms with Crippen LogP contribution < -0.4 is 29.3 Å². The number of aromatic nitrogens is 2. The average Bonchev–Trinajstić information content (AvgIpc) is 4.11. The molecule has 17 nitrogen and oxygen atoms in total. The number of nitro benzene ring substituents is 1. The first-order valence-corrected chi connectivity index (χ1v) is 26.6. The molecule has 3 aromatic carbocycles. The summed E-state index contributed by atoms with van der Waals surface area (Å²) in [7, 11) is -2.40. The zero-order chi connectivity index (χ0) is 47.9. The van der Waals surface area contributed by atoms with Gasteiger partial charge in [0.05, 0.1) is 33.7 Å². The Labute approximate surface area is 408 Å². The van der Waals surface area contributed by atoms with Crippen LogP contribution in [0.5, 0.6) is 11.6 Å². The van der Waals surface area contributed by atoms with E-state index >= 15 is 0 Å². The van der Waals surface area contributed by atoms with Gasteiger partial charge in [-0.15, -0.1) is 0 Å². The van der Waals surface area contributed by atoms with Crippen LogP contribution in [0.25, 0.3) is 11.0 Å². The molecule has 368 valence electrons. The van der Waals surface area contributed by atoms with Gasteiger partial charge in [0.15, 0.2) is 11.4 Å². The maximum absolute atomic E-state index is 14.6. The monoisotopic (exact) mass is 971 g/mol. The van der Waals surface area contributed by atoms with E-state index in [9.17, 15) is 23.3 Å². The summed E-state index contributed by atoms with van der Waals surface area (Å²) in [6.07, 6.45) is 10.2. The number of amides is 1. The fourth-order valence-electron chi connectivity index (χ4n) is 12.4. The second kappa shape index (κ2) is 17.7. The summed E-state index contributed by atoms with van der Waals surface area (Å²) in [5.74, 6) is 0.446. The summed E-state index contributed by atoms with van der Waals surface area (Å²) in [6.45, 7) is 8.63. The molecule has 70 heavy (non-hydrogen) atoms. The molecule has 18 heteroatoms. The number of likely N-dealkylation sites (N-methyl/N-ethyl adjacent to an activating group) is 1. The first-order valence-electron chi connectivity index (χ1n) is 25.1. The molecule has 3 atom stereocenters. The summed E-state index contributed by atoms with van der Waals surface area (Å²) in [6, 6.07) is 21.6. The van der Waals surface area contributed by atoms with E-state index in [4.69, 9.17) is 19.2 Å². The predicted octanol–water partition coefficient (Wildman–Crippen LogP) is 7.72. The Morgan fingerprint density at radius 2 is 1.71 bits per heavy atom. The van der Waals surface area contributed by atoms with Gasteiger partial charge in [-0.1, -0.05) is 24.3 Å². The quantitative estimate of drug-likeness (QED) is 0.0912. The summed E-state index contributed by atoms with van der Waals surface area (Å²) in [5.41, 5.74) is 5.89. The predicted molar refractivity (Wildman–Crippen MR) is 266 cm³/mol. The number of aromatic amines is 1. The third-order valence-corrected chi connectivity index (χ3v) is 17.7. The van der Waals surface area contributed by atoms with Crippen molar-refractivity contribution in [2.75, 3.05) is 81.3 Å². The van der Waals surface area contributed by atoms with Gasteiger partial charge in [0.2, 0.25) is 5.88 Å². The number of carbonyl (C=O) groups excluding carboxylic acids is 1. The third kappa shape index (κ3) is 8.39. The zero-order valence-corrected chi connectivity index (χ0v) is 40.6. The Kier molecular flexibility index (Phi) is 11.4. The molecule has 5 aromatic rings. The minimum Gasteiger partial charge on any atom is -0.489 e. The SMILES string of the molecule is C[C@@H]1CN(c2cc(N3CCC4(CC3)CC(N3CCN(C)CC3c3ccccc3C3CC3)C4)ccc2C(=O)NS(=O)(=O)c2cc3c(c([N+](=O)[O-])c2)NC(C2CCOCC2)CO3)c2cc3cc[nH]c3nc2O1. The smallest absolute Gasteiger partial charge is 0.297 e. The molecule has 0 radical (unpaired) electrons. The highest BCUT2D eigenvalue weighted by atomic mass is 32.2. The van der Waals surface area contributed by atoms with Crippen molar-refractivity contribution >= 4 is 55.4 Å². The number of piperazine rings is 1. The topological polar surface area (TPSA) is 188 Å². The van der Waals surface area contributed by atoms with Gasteiger partial charge in [-0.2, -0.15) is 4.98 Å². The molecule has 12 rings (SSSR count). The number of ether oxygens (including phenoxy) is 3. The van der Waals surface area contributed by atoms with Crippen LogP contribution in [-0.2, 0) is 14.8 Å². The minimum absolute atomic E-state index is 0.0387. The van der Waals surface area contributed by atoms with Crippen LogP contribution in [-0.4, -0.2) is 123 Å². The van der Waals surface area contributed by atoms with Crippen molar-refractivity contribution in [3.05, 3.63) is 99.7 Å². The summed E-state index contributed by atoms with van der Waals surface area (Å²) < 4.78 is 48.5. The van der Waals surface area contributed by atoms with Crippen molar-refractivity contribution in [2.24, 2.45) is 11.3 Å². The van der Waals surface area contributed by atoms with Gasteiger partial charge >= 0.3 is 0 Å². The third-order valence-electron chi connectivity index (χ3n) is 16.4. The van der Waals surface area contributed by atoms with E-state index in [0.717, 1.165) is 75.5 Å². The summed E-state index contributed by atoms with van der Waals surface area (Å²) >= 11 is 0. The number of sulfonamides is 1. The highest BCUT2D eigenvalue weighted by molar-refractivity contribution is 7.90. The van der Waals surface area contributed by atoms with Crippen molar-refractivity contribution in [2.45, 2.75) is 93.3 Å². The number of nitro groups is 1. The number of hydrogen-bond acceptors (Lipinski definition) is 14. The van der Waals surface area contributed by atoms with E-state index in [-0.39, 0.29) is 47.1 Å². The fraction of sp³-hybridized carbons (Fsp3) is 0.500. The normalized spacial score (nSPS) is 24.2. The Morgan fingerprint density at radius 1 is 0.929 bits per heavy atom. The molecule has 1 amide bonds. The first-order chi connectivity index (χ1) is 33.9. The number of benzene rings is 3.